The number of amides is 1. The molecule has 0 radical (unpaired) electrons. The largest absolute Gasteiger partial charge is 0.469 e. The van der Waals surface area contributed by atoms with Crippen LogP contribution in [0.2, 0.25) is 0 Å². The van der Waals surface area contributed by atoms with Crippen LogP contribution in [0.3, 0.4) is 0 Å². The van der Waals surface area contributed by atoms with Gasteiger partial charge < -0.3 is 10.1 Å². The molecular weight excluding hydrogens is 230 g/mol. The Morgan fingerprint density at radius 1 is 1.22 bits per heavy atom. The molecule has 1 rings (SSSR count). The molecule has 0 aliphatic heterocycles. The first-order valence-electron chi connectivity index (χ1n) is 5.89. The van der Waals surface area contributed by atoms with Gasteiger partial charge in [0.1, 0.15) is 0 Å². The van der Waals surface area contributed by atoms with Gasteiger partial charge in [-0.05, 0) is 32.4 Å². The predicted molar refractivity (Wildman–Crippen MR) is 70.1 cm³/mol. The van der Waals surface area contributed by atoms with Crippen LogP contribution in [0.1, 0.15) is 26.7 Å². The summed E-state index contributed by atoms with van der Waals surface area (Å²) in [5.74, 6) is -0.395. The van der Waals surface area contributed by atoms with Crippen molar-refractivity contribution in [3.05, 3.63) is 30.3 Å². The van der Waals surface area contributed by atoms with Gasteiger partial charge >= 0.3 is 5.97 Å². The predicted octanol–water partition coefficient (Wildman–Crippen LogP) is 2.60. The number of anilines is 1. The molecule has 0 bridgehead atoms. The van der Waals surface area contributed by atoms with Gasteiger partial charge in [0, 0.05) is 12.1 Å². The van der Waals surface area contributed by atoms with Crippen molar-refractivity contribution in [2.24, 2.45) is 5.41 Å². The molecule has 98 valence electrons. The Hall–Kier alpha value is -1.84. The minimum atomic E-state index is -0.636. The summed E-state index contributed by atoms with van der Waals surface area (Å²) in [5, 5.41) is 2.78. The Morgan fingerprint density at radius 3 is 2.39 bits per heavy atom. The number of hydrogen-bond acceptors (Lipinski definition) is 3. The third-order valence-electron chi connectivity index (χ3n) is 2.77. The average Bonchev–Trinajstić information content (AvgIpc) is 2.36. The smallest absolute Gasteiger partial charge is 0.311 e. The molecule has 0 unspecified atom stereocenters. The maximum Gasteiger partial charge on any atom is 0.311 e. The van der Waals surface area contributed by atoms with E-state index in [1.54, 1.807) is 13.8 Å². The normalized spacial score (nSPS) is 10.8. The lowest BCUT2D eigenvalue weighted by Crippen LogP contribution is -2.27. The second-order valence-electron chi connectivity index (χ2n) is 4.79. The summed E-state index contributed by atoms with van der Waals surface area (Å²) in [6.45, 7) is 3.54. The van der Waals surface area contributed by atoms with Crippen molar-refractivity contribution in [2.45, 2.75) is 26.7 Å². The van der Waals surface area contributed by atoms with Crippen LogP contribution >= 0.6 is 0 Å². The van der Waals surface area contributed by atoms with Gasteiger partial charge in [-0.3, -0.25) is 9.59 Å². The van der Waals surface area contributed by atoms with E-state index >= 15 is 0 Å². The van der Waals surface area contributed by atoms with Crippen molar-refractivity contribution in [2.75, 3.05) is 12.4 Å². The maximum atomic E-state index is 11.7. The summed E-state index contributed by atoms with van der Waals surface area (Å²) in [6, 6.07) is 9.24. The zero-order chi connectivity index (χ0) is 13.6. The van der Waals surface area contributed by atoms with Crippen molar-refractivity contribution in [1.82, 2.24) is 0 Å². The lowest BCUT2D eigenvalue weighted by Gasteiger charge is -2.20. The lowest BCUT2D eigenvalue weighted by molar-refractivity contribution is -0.151. The molecular formula is C14H19NO3. The monoisotopic (exact) mass is 249 g/mol. The second kappa shape index (κ2) is 6.19. The number of carbonyl (C=O) groups is 2. The molecule has 0 saturated carbocycles. The molecule has 0 aliphatic rings. The van der Waals surface area contributed by atoms with Crippen molar-refractivity contribution in [3.8, 4) is 0 Å². The highest BCUT2D eigenvalue weighted by Gasteiger charge is 2.29. The first-order valence-corrected chi connectivity index (χ1v) is 5.89. The van der Waals surface area contributed by atoms with Gasteiger partial charge in [-0.1, -0.05) is 18.2 Å². The van der Waals surface area contributed by atoms with Gasteiger partial charge in [0.15, 0.2) is 0 Å². The van der Waals surface area contributed by atoms with E-state index in [4.69, 9.17) is 4.74 Å². The summed E-state index contributed by atoms with van der Waals surface area (Å²) in [7, 11) is 1.36. The Balaban J connectivity index is 2.45. The molecule has 0 saturated heterocycles. The molecule has 0 spiro atoms. The number of nitrogens with one attached hydrogen (secondary N) is 1. The molecule has 0 fully saturated rings. The molecule has 1 aromatic carbocycles. The quantitative estimate of drug-likeness (QED) is 0.816. The van der Waals surface area contributed by atoms with Crippen molar-refractivity contribution >= 4 is 17.6 Å². The first kappa shape index (κ1) is 14.2. The summed E-state index contributed by atoms with van der Waals surface area (Å²) in [5.41, 5.74) is 0.126. The zero-order valence-electron chi connectivity index (χ0n) is 11.0. The van der Waals surface area contributed by atoms with E-state index in [2.05, 4.69) is 5.32 Å². The van der Waals surface area contributed by atoms with Gasteiger partial charge in [0.2, 0.25) is 5.91 Å². The molecule has 4 heteroatoms. The van der Waals surface area contributed by atoms with E-state index in [-0.39, 0.29) is 18.3 Å². The highest BCUT2D eigenvalue weighted by Crippen LogP contribution is 2.24. The van der Waals surface area contributed by atoms with Gasteiger partial charge in [0.25, 0.3) is 0 Å². The molecule has 0 atom stereocenters. The fourth-order valence-corrected chi connectivity index (χ4v) is 1.55. The molecule has 0 heterocycles. The first-order chi connectivity index (χ1) is 8.45. The molecule has 1 N–H and O–H groups in total. The van der Waals surface area contributed by atoms with Gasteiger partial charge in [0.05, 0.1) is 12.5 Å². The molecule has 0 aliphatic carbocycles. The van der Waals surface area contributed by atoms with Crippen LogP contribution in [-0.4, -0.2) is 19.0 Å². The van der Waals surface area contributed by atoms with Crippen LogP contribution in [0.25, 0.3) is 0 Å². The summed E-state index contributed by atoms with van der Waals surface area (Å²) >= 11 is 0. The minimum Gasteiger partial charge on any atom is -0.469 e. The third-order valence-corrected chi connectivity index (χ3v) is 2.77. The number of esters is 1. The van der Waals surface area contributed by atoms with E-state index in [0.717, 1.165) is 5.69 Å². The number of methoxy groups -OCH3 is 1. The van der Waals surface area contributed by atoms with Crippen molar-refractivity contribution < 1.29 is 14.3 Å². The van der Waals surface area contributed by atoms with Crippen LogP contribution in [0.5, 0.6) is 0 Å². The Kier molecular flexibility index (Phi) is 4.89. The highest BCUT2D eigenvalue weighted by atomic mass is 16.5. The highest BCUT2D eigenvalue weighted by molar-refractivity contribution is 5.91. The van der Waals surface area contributed by atoms with E-state index in [9.17, 15) is 9.59 Å². The number of hydrogen-bond donors (Lipinski definition) is 1. The number of benzene rings is 1. The third kappa shape index (κ3) is 4.20. The Bertz CT molecular complexity index is 412. The molecule has 1 aromatic rings. The summed E-state index contributed by atoms with van der Waals surface area (Å²) in [6.07, 6.45) is 0.745. The van der Waals surface area contributed by atoms with E-state index in [1.807, 2.05) is 30.3 Å². The van der Waals surface area contributed by atoms with Gasteiger partial charge in [-0.25, -0.2) is 0 Å². The standard InChI is InChI=1S/C14H19NO3/c1-14(2,13(17)18-3)10-9-12(16)15-11-7-5-4-6-8-11/h4-8H,9-10H2,1-3H3,(H,15,16). The fourth-order valence-electron chi connectivity index (χ4n) is 1.55. The SMILES string of the molecule is COC(=O)C(C)(C)CCC(=O)Nc1ccccc1. The molecule has 4 nitrogen and oxygen atoms in total. The number of rotatable bonds is 5. The van der Waals surface area contributed by atoms with Crippen LogP contribution in [0.15, 0.2) is 30.3 Å². The zero-order valence-corrected chi connectivity index (χ0v) is 11.0. The Labute approximate surface area is 107 Å². The fraction of sp³-hybridized carbons (Fsp3) is 0.429. The summed E-state index contributed by atoms with van der Waals surface area (Å²) < 4.78 is 4.69. The second-order valence-corrected chi connectivity index (χ2v) is 4.79. The number of para-hydroxylation sites is 1. The lowest BCUT2D eigenvalue weighted by atomic mass is 9.88. The van der Waals surface area contributed by atoms with Crippen LogP contribution in [0.4, 0.5) is 5.69 Å². The maximum absolute atomic E-state index is 11.7. The van der Waals surface area contributed by atoms with E-state index in [0.29, 0.717) is 6.42 Å². The molecule has 18 heavy (non-hydrogen) atoms. The van der Waals surface area contributed by atoms with Crippen LogP contribution in [-0.2, 0) is 14.3 Å². The number of ether oxygens (including phenoxy) is 1. The topological polar surface area (TPSA) is 55.4 Å². The van der Waals surface area contributed by atoms with Crippen LogP contribution in [0, 0.1) is 5.41 Å². The average molecular weight is 249 g/mol. The van der Waals surface area contributed by atoms with Crippen molar-refractivity contribution in [3.63, 3.8) is 0 Å². The van der Waals surface area contributed by atoms with Crippen LogP contribution < -0.4 is 5.32 Å². The Morgan fingerprint density at radius 2 is 1.83 bits per heavy atom. The van der Waals surface area contributed by atoms with Gasteiger partial charge in [-0.2, -0.15) is 0 Å². The minimum absolute atomic E-state index is 0.0989. The van der Waals surface area contributed by atoms with E-state index < -0.39 is 5.41 Å². The summed E-state index contributed by atoms with van der Waals surface area (Å²) in [4.78, 5) is 23.2. The number of carbonyl (C=O) groups excluding carboxylic acids is 2. The van der Waals surface area contributed by atoms with Crippen molar-refractivity contribution in [1.29, 1.82) is 0 Å². The van der Waals surface area contributed by atoms with Gasteiger partial charge in [-0.15, -0.1) is 0 Å². The van der Waals surface area contributed by atoms with E-state index in [1.165, 1.54) is 7.11 Å². The molecule has 0 aromatic heterocycles. The molecule has 1 amide bonds.